The van der Waals surface area contributed by atoms with Crippen molar-refractivity contribution in [2.24, 2.45) is 5.92 Å². The van der Waals surface area contributed by atoms with Gasteiger partial charge in [0.2, 0.25) is 11.8 Å². The molecule has 0 spiro atoms. The Bertz CT molecular complexity index is 785. The summed E-state index contributed by atoms with van der Waals surface area (Å²) >= 11 is 0. The first-order valence-corrected chi connectivity index (χ1v) is 8.60. The number of rotatable bonds is 3. The second-order valence-corrected chi connectivity index (χ2v) is 6.66. The van der Waals surface area contributed by atoms with E-state index in [1.54, 1.807) is 7.05 Å². The van der Waals surface area contributed by atoms with Crippen LogP contribution in [0.25, 0.3) is 5.65 Å². The quantitative estimate of drug-likeness (QED) is 0.871. The number of nitrogens with zero attached hydrogens (tertiary/aromatic N) is 4. The number of carbonyl (C=O) groups is 2. The lowest BCUT2D eigenvalue weighted by Crippen LogP contribution is -2.42. The summed E-state index contributed by atoms with van der Waals surface area (Å²) in [5.74, 6) is -0.180. The fourth-order valence-electron chi connectivity index (χ4n) is 3.40. The Kier molecular flexibility index (Phi) is 5.03. The maximum atomic E-state index is 12.9. The predicted octanol–water partition coefficient (Wildman–Crippen LogP) is 0.321. The van der Waals surface area contributed by atoms with Gasteiger partial charge in [-0.25, -0.2) is 4.98 Å². The lowest BCUT2D eigenvalue weighted by Gasteiger charge is -2.23. The molecule has 1 fully saturated rings. The minimum atomic E-state index is -0.204. The zero-order valence-corrected chi connectivity index (χ0v) is 15.0. The summed E-state index contributed by atoms with van der Waals surface area (Å²) in [5.41, 5.74) is 2.63. The number of pyridine rings is 1. The molecule has 7 heteroatoms. The van der Waals surface area contributed by atoms with E-state index in [-0.39, 0.29) is 17.7 Å². The highest BCUT2D eigenvalue weighted by molar-refractivity contribution is 5.82. The van der Waals surface area contributed by atoms with Crippen molar-refractivity contribution in [2.45, 2.75) is 13.3 Å². The van der Waals surface area contributed by atoms with Crippen molar-refractivity contribution in [1.29, 1.82) is 0 Å². The standard InChI is InChI=1S/C18H25N5O2/c1-13-15(23-7-5-4-6-16(23)20-13)10-17(24)22-9-8-21(3)11-14(12-22)18(25)19-2/h4-7,14H,8-12H2,1-3H3,(H,19,25)/t14-/m0/s1. The van der Waals surface area contributed by atoms with Crippen molar-refractivity contribution in [3.63, 3.8) is 0 Å². The van der Waals surface area contributed by atoms with Crippen molar-refractivity contribution in [3.8, 4) is 0 Å². The Morgan fingerprint density at radius 2 is 2.08 bits per heavy atom. The van der Waals surface area contributed by atoms with E-state index < -0.39 is 0 Å². The molecule has 0 aromatic carbocycles. The van der Waals surface area contributed by atoms with E-state index in [9.17, 15) is 9.59 Å². The van der Waals surface area contributed by atoms with Crippen molar-refractivity contribution in [1.82, 2.24) is 24.5 Å². The van der Waals surface area contributed by atoms with E-state index >= 15 is 0 Å². The van der Waals surface area contributed by atoms with E-state index in [0.717, 1.165) is 23.6 Å². The Balaban J connectivity index is 1.79. The molecule has 2 aromatic heterocycles. The number of hydrogen-bond acceptors (Lipinski definition) is 4. The van der Waals surface area contributed by atoms with Crippen molar-refractivity contribution < 1.29 is 9.59 Å². The molecule has 1 saturated heterocycles. The van der Waals surface area contributed by atoms with Crippen LogP contribution < -0.4 is 5.32 Å². The Labute approximate surface area is 147 Å². The number of aryl methyl sites for hydroxylation is 1. The fraction of sp³-hybridized carbons (Fsp3) is 0.500. The average Bonchev–Trinajstić information content (AvgIpc) is 2.78. The first-order chi connectivity index (χ1) is 12.0. The smallest absolute Gasteiger partial charge is 0.228 e. The maximum Gasteiger partial charge on any atom is 0.228 e. The van der Waals surface area contributed by atoms with E-state index in [2.05, 4.69) is 15.2 Å². The topological polar surface area (TPSA) is 70.0 Å². The van der Waals surface area contributed by atoms with Crippen LogP contribution in [0.1, 0.15) is 11.4 Å². The number of imidazole rings is 1. The molecule has 0 unspecified atom stereocenters. The highest BCUT2D eigenvalue weighted by Crippen LogP contribution is 2.15. The number of amides is 2. The molecule has 0 saturated carbocycles. The molecule has 134 valence electrons. The molecule has 2 amide bonds. The minimum Gasteiger partial charge on any atom is -0.359 e. The van der Waals surface area contributed by atoms with E-state index in [1.165, 1.54) is 0 Å². The van der Waals surface area contributed by atoms with Gasteiger partial charge in [-0.1, -0.05) is 6.07 Å². The second kappa shape index (κ2) is 7.23. The van der Waals surface area contributed by atoms with Gasteiger partial charge >= 0.3 is 0 Å². The SMILES string of the molecule is CNC(=O)[C@H]1CN(C)CCN(C(=O)Cc2c(C)nc3ccccn23)C1. The lowest BCUT2D eigenvalue weighted by molar-refractivity contribution is -0.132. The van der Waals surface area contributed by atoms with Gasteiger partial charge in [-0.3, -0.25) is 9.59 Å². The molecule has 3 rings (SSSR count). The van der Waals surface area contributed by atoms with Gasteiger partial charge in [0, 0.05) is 39.4 Å². The van der Waals surface area contributed by atoms with E-state index in [0.29, 0.717) is 26.1 Å². The molecular weight excluding hydrogens is 318 g/mol. The highest BCUT2D eigenvalue weighted by atomic mass is 16.2. The molecule has 1 atom stereocenters. The first-order valence-electron chi connectivity index (χ1n) is 8.60. The number of carbonyl (C=O) groups excluding carboxylic acids is 2. The summed E-state index contributed by atoms with van der Waals surface area (Å²) in [4.78, 5) is 33.4. The summed E-state index contributed by atoms with van der Waals surface area (Å²) in [6.45, 7) is 4.46. The van der Waals surface area contributed by atoms with E-state index in [4.69, 9.17) is 0 Å². The van der Waals surface area contributed by atoms with Crippen LogP contribution in [0.3, 0.4) is 0 Å². The molecule has 0 aliphatic carbocycles. The first kappa shape index (κ1) is 17.4. The summed E-state index contributed by atoms with van der Waals surface area (Å²) < 4.78 is 1.97. The number of hydrogen-bond donors (Lipinski definition) is 1. The highest BCUT2D eigenvalue weighted by Gasteiger charge is 2.29. The summed E-state index contributed by atoms with van der Waals surface area (Å²) in [6.07, 6.45) is 2.22. The van der Waals surface area contributed by atoms with Crippen LogP contribution in [0.2, 0.25) is 0 Å². The second-order valence-electron chi connectivity index (χ2n) is 6.66. The summed E-state index contributed by atoms with van der Waals surface area (Å²) in [6, 6.07) is 5.81. The van der Waals surface area contributed by atoms with E-state index in [1.807, 2.05) is 47.7 Å². The molecule has 3 heterocycles. The molecule has 0 bridgehead atoms. The van der Waals surface area contributed by atoms with Gasteiger partial charge < -0.3 is 19.5 Å². The van der Waals surface area contributed by atoms with Gasteiger partial charge in [0.05, 0.1) is 23.7 Å². The largest absolute Gasteiger partial charge is 0.359 e. The van der Waals surface area contributed by atoms with Gasteiger partial charge in [-0.05, 0) is 26.1 Å². The lowest BCUT2D eigenvalue weighted by atomic mass is 10.1. The number of aromatic nitrogens is 2. The van der Waals surface area contributed by atoms with Crippen molar-refractivity contribution in [3.05, 3.63) is 35.8 Å². The third-order valence-electron chi connectivity index (χ3n) is 4.84. The Morgan fingerprint density at radius 1 is 1.28 bits per heavy atom. The van der Waals surface area contributed by atoms with Gasteiger partial charge in [-0.15, -0.1) is 0 Å². The summed E-state index contributed by atoms with van der Waals surface area (Å²) in [7, 11) is 3.62. The predicted molar refractivity (Wildman–Crippen MR) is 95.3 cm³/mol. The minimum absolute atomic E-state index is 0.0162. The third-order valence-corrected chi connectivity index (χ3v) is 4.84. The zero-order valence-electron chi connectivity index (χ0n) is 15.0. The molecule has 1 aliphatic heterocycles. The zero-order chi connectivity index (χ0) is 18.0. The van der Waals surface area contributed by atoms with Gasteiger partial charge in [0.15, 0.2) is 0 Å². The maximum absolute atomic E-state index is 12.9. The van der Waals surface area contributed by atoms with Crippen LogP contribution >= 0.6 is 0 Å². The van der Waals surface area contributed by atoms with Gasteiger partial charge in [0.1, 0.15) is 5.65 Å². The van der Waals surface area contributed by atoms with Crippen LogP contribution in [-0.4, -0.2) is 71.3 Å². The van der Waals surface area contributed by atoms with Gasteiger partial charge in [0.25, 0.3) is 0 Å². The van der Waals surface area contributed by atoms with Crippen LogP contribution in [-0.2, 0) is 16.0 Å². The van der Waals surface area contributed by atoms with Crippen LogP contribution in [0.4, 0.5) is 0 Å². The number of fused-ring (bicyclic) bond motifs is 1. The third kappa shape index (κ3) is 3.66. The molecule has 25 heavy (non-hydrogen) atoms. The molecule has 0 radical (unpaired) electrons. The normalized spacial score (nSPS) is 19.0. The molecule has 2 aromatic rings. The van der Waals surface area contributed by atoms with Crippen molar-refractivity contribution in [2.75, 3.05) is 40.3 Å². The average molecular weight is 343 g/mol. The van der Waals surface area contributed by atoms with Crippen LogP contribution in [0, 0.1) is 12.8 Å². The number of likely N-dealkylation sites (N-methyl/N-ethyl adjacent to an activating group) is 1. The molecule has 1 aliphatic rings. The molecule has 7 nitrogen and oxygen atoms in total. The summed E-state index contributed by atoms with van der Waals surface area (Å²) in [5, 5.41) is 2.70. The fourth-order valence-corrected chi connectivity index (χ4v) is 3.40. The van der Waals surface area contributed by atoms with Crippen LogP contribution in [0.5, 0.6) is 0 Å². The monoisotopic (exact) mass is 343 g/mol. The Morgan fingerprint density at radius 3 is 2.84 bits per heavy atom. The molecular formula is C18H25N5O2. The number of nitrogens with one attached hydrogen (secondary N) is 1. The Hall–Kier alpha value is -2.41. The van der Waals surface area contributed by atoms with Crippen LogP contribution in [0.15, 0.2) is 24.4 Å². The van der Waals surface area contributed by atoms with Gasteiger partial charge in [-0.2, -0.15) is 0 Å². The molecule has 1 N–H and O–H groups in total. The van der Waals surface area contributed by atoms with Crippen molar-refractivity contribution >= 4 is 17.5 Å².